The molecule has 0 N–H and O–H groups in total. The summed E-state index contributed by atoms with van der Waals surface area (Å²) >= 11 is 3.74. The second-order valence-corrected chi connectivity index (χ2v) is 6.64. The van der Waals surface area contributed by atoms with Crippen LogP contribution < -0.4 is 4.74 Å². The van der Waals surface area contributed by atoms with E-state index in [2.05, 4.69) is 46.9 Å². The van der Waals surface area contributed by atoms with E-state index in [-0.39, 0.29) is 11.5 Å². The minimum Gasteiger partial charge on any atom is -0.488 e. The number of fused-ring (bicyclic) bond motifs is 1. The van der Waals surface area contributed by atoms with Crippen molar-refractivity contribution >= 4 is 26.8 Å². The quantitative estimate of drug-likeness (QED) is 0.773. The molecule has 3 unspecified atom stereocenters. The summed E-state index contributed by atoms with van der Waals surface area (Å²) < 4.78 is 6.14. The third-order valence-electron chi connectivity index (χ3n) is 4.48. The first kappa shape index (κ1) is 12.9. The predicted molar refractivity (Wildman–Crippen MR) is 81.9 cm³/mol. The summed E-state index contributed by atoms with van der Waals surface area (Å²) in [6, 6.07) is 10.2. The maximum Gasteiger partial charge on any atom is 0.138 e. The fourth-order valence-electron chi connectivity index (χ4n) is 2.68. The van der Waals surface area contributed by atoms with Crippen LogP contribution in [0.3, 0.4) is 0 Å². The van der Waals surface area contributed by atoms with Crippen molar-refractivity contribution in [2.75, 3.05) is 0 Å². The Hall–Kier alpha value is -1.09. The molecule has 1 saturated carbocycles. The average molecular weight is 320 g/mol. The molecule has 1 aliphatic rings. The van der Waals surface area contributed by atoms with E-state index < -0.39 is 0 Å². The van der Waals surface area contributed by atoms with Gasteiger partial charge in [-0.05, 0) is 25.0 Å². The molecule has 1 heterocycles. The number of hydrogen-bond acceptors (Lipinski definition) is 2. The number of alkyl halides is 1. The van der Waals surface area contributed by atoms with Crippen molar-refractivity contribution in [3.8, 4) is 5.75 Å². The lowest BCUT2D eigenvalue weighted by atomic mass is 9.65. The van der Waals surface area contributed by atoms with Gasteiger partial charge >= 0.3 is 0 Å². The first-order valence-corrected chi connectivity index (χ1v) is 7.70. The minimum absolute atomic E-state index is 0.228. The number of pyridine rings is 1. The molecular formula is C16H18BrNO. The van der Waals surface area contributed by atoms with Gasteiger partial charge in [0, 0.05) is 15.6 Å². The molecule has 3 atom stereocenters. The van der Waals surface area contributed by atoms with E-state index in [1.807, 2.05) is 24.4 Å². The molecular weight excluding hydrogens is 302 g/mol. The zero-order chi connectivity index (χ0) is 13.5. The highest BCUT2D eigenvalue weighted by molar-refractivity contribution is 9.09. The summed E-state index contributed by atoms with van der Waals surface area (Å²) in [4.78, 5) is 5.01. The van der Waals surface area contributed by atoms with E-state index in [1.165, 1.54) is 0 Å². The van der Waals surface area contributed by atoms with Gasteiger partial charge in [-0.25, -0.2) is 0 Å². The summed E-state index contributed by atoms with van der Waals surface area (Å²) in [5.74, 6) is 0.878. The van der Waals surface area contributed by atoms with Crippen LogP contribution in [0.5, 0.6) is 5.75 Å². The Labute approximate surface area is 122 Å². The minimum atomic E-state index is 0.228. The van der Waals surface area contributed by atoms with E-state index in [0.717, 1.165) is 29.5 Å². The third kappa shape index (κ3) is 2.14. The molecule has 0 aliphatic heterocycles. The Kier molecular flexibility index (Phi) is 3.25. The van der Waals surface area contributed by atoms with Gasteiger partial charge in [-0.1, -0.05) is 48.0 Å². The van der Waals surface area contributed by atoms with Gasteiger partial charge < -0.3 is 4.74 Å². The standard InChI is InChI=1S/C16H18BrNO/c1-3-16(2)14(17)9-15(16)19-12-8-11-6-4-5-7-13(11)18-10-12/h4-8,10,14-15H,3,9H2,1-2H3. The molecule has 3 heteroatoms. The van der Waals surface area contributed by atoms with Crippen LogP contribution in [0.4, 0.5) is 0 Å². The molecule has 0 bridgehead atoms. The van der Waals surface area contributed by atoms with Crippen LogP contribution in [-0.4, -0.2) is 15.9 Å². The zero-order valence-corrected chi connectivity index (χ0v) is 12.9. The Morgan fingerprint density at radius 3 is 2.95 bits per heavy atom. The Bertz CT molecular complexity index is 600. The lowest BCUT2D eigenvalue weighted by molar-refractivity contribution is -0.0244. The molecule has 2 nitrogen and oxygen atoms in total. The van der Waals surface area contributed by atoms with Crippen molar-refractivity contribution < 1.29 is 4.74 Å². The van der Waals surface area contributed by atoms with Crippen molar-refractivity contribution in [3.63, 3.8) is 0 Å². The highest BCUT2D eigenvalue weighted by Crippen LogP contribution is 2.50. The van der Waals surface area contributed by atoms with E-state index in [1.54, 1.807) is 0 Å². The summed E-state index contributed by atoms with van der Waals surface area (Å²) in [6.07, 6.45) is 4.30. The molecule has 19 heavy (non-hydrogen) atoms. The van der Waals surface area contributed by atoms with Gasteiger partial charge in [0.15, 0.2) is 0 Å². The third-order valence-corrected chi connectivity index (χ3v) is 5.90. The second kappa shape index (κ2) is 4.78. The normalized spacial score (nSPS) is 30.1. The van der Waals surface area contributed by atoms with Crippen LogP contribution in [-0.2, 0) is 0 Å². The van der Waals surface area contributed by atoms with Crippen molar-refractivity contribution in [3.05, 3.63) is 36.5 Å². The maximum absolute atomic E-state index is 6.14. The smallest absolute Gasteiger partial charge is 0.138 e. The molecule has 3 rings (SSSR count). The highest BCUT2D eigenvalue weighted by Gasteiger charge is 2.50. The average Bonchev–Trinajstić information content (AvgIpc) is 2.46. The molecule has 1 aromatic carbocycles. The highest BCUT2D eigenvalue weighted by atomic mass is 79.9. The number of aromatic nitrogens is 1. The van der Waals surface area contributed by atoms with Gasteiger partial charge in [-0.15, -0.1) is 0 Å². The molecule has 0 amide bonds. The van der Waals surface area contributed by atoms with Gasteiger partial charge in [0.25, 0.3) is 0 Å². The molecule has 0 saturated heterocycles. The Morgan fingerprint density at radius 2 is 2.21 bits per heavy atom. The summed E-state index contributed by atoms with van der Waals surface area (Å²) in [7, 11) is 0. The van der Waals surface area contributed by atoms with Crippen molar-refractivity contribution in [2.24, 2.45) is 5.41 Å². The van der Waals surface area contributed by atoms with Crippen LogP contribution in [0, 0.1) is 5.41 Å². The number of benzene rings is 1. The van der Waals surface area contributed by atoms with E-state index >= 15 is 0 Å². The Morgan fingerprint density at radius 1 is 1.42 bits per heavy atom. The second-order valence-electron chi connectivity index (χ2n) is 5.53. The van der Waals surface area contributed by atoms with Gasteiger partial charge in [-0.2, -0.15) is 0 Å². The molecule has 1 fully saturated rings. The number of rotatable bonds is 3. The van der Waals surface area contributed by atoms with E-state index in [0.29, 0.717) is 4.83 Å². The van der Waals surface area contributed by atoms with Gasteiger partial charge in [0.1, 0.15) is 11.9 Å². The Balaban J connectivity index is 1.82. The van der Waals surface area contributed by atoms with Crippen LogP contribution in [0.1, 0.15) is 26.7 Å². The predicted octanol–water partition coefficient (Wildman–Crippen LogP) is 4.57. The zero-order valence-electron chi connectivity index (χ0n) is 11.3. The van der Waals surface area contributed by atoms with Crippen LogP contribution in [0.2, 0.25) is 0 Å². The molecule has 2 aromatic rings. The van der Waals surface area contributed by atoms with Gasteiger partial charge in [0.05, 0.1) is 11.7 Å². The molecule has 0 radical (unpaired) electrons. The summed E-state index contributed by atoms with van der Waals surface area (Å²) in [5.41, 5.74) is 1.24. The number of ether oxygens (including phenoxy) is 1. The lowest BCUT2D eigenvalue weighted by Crippen LogP contribution is -2.54. The number of hydrogen-bond donors (Lipinski definition) is 0. The summed E-state index contributed by atoms with van der Waals surface area (Å²) in [5, 5.41) is 1.13. The number of halogens is 1. The van der Waals surface area contributed by atoms with Crippen LogP contribution in [0.25, 0.3) is 10.9 Å². The topological polar surface area (TPSA) is 22.1 Å². The van der Waals surface area contributed by atoms with E-state index in [4.69, 9.17) is 4.74 Å². The fraction of sp³-hybridized carbons (Fsp3) is 0.438. The van der Waals surface area contributed by atoms with Crippen LogP contribution >= 0.6 is 15.9 Å². The maximum atomic E-state index is 6.14. The largest absolute Gasteiger partial charge is 0.488 e. The monoisotopic (exact) mass is 319 g/mol. The SMILES string of the molecule is CCC1(C)C(Br)CC1Oc1cnc2ccccc2c1. The molecule has 100 valence electrons. The molecule has 0 spiro atoms. The van der Waals surface area contributed by atoms with Gasteiger partial charge in [-0.3, -0.25) is 4.98 Å². The first-order chi connectivity index (χ1) is 9.13. The van der Waals surface area contributed by atoms with Crippen LogP contribution in [0.15, 0.2) is 36.5 Å². The van der Waals surface area contributed by atoms with Gasteiger partial charge in [0.2, 0.25) is 0 Å². The van der Waals surface area contributed by atoms with Crippen molar-refractivity contribution in [1.29, 1.82) is 0 Å². The molecule has 1 aromatic heterocycles. The lowest BCUT2D eigenvalue weighted by Gasteiger charge is -2.50. The number of nitrogens with zero attached hydrogens (tertiary/aromatic N) is 1. The molecule has 1 aliphatic carbocycles. The fourth-order valence-corrected chi connectivity index (χ4v) is 3.64. The summed E-state index contributed by atoms with van der Waals surface area (Å²) in [6.45, 7) is 4.51. The van der Waals surface area contributed by atoms with Crippen molar-refractivity contribution in [1.82, 2.24) is 4.98 Å². The van der Waals surface area contributed by atoms with E-state index in [9.17, 15) is 0 Å². The number of para-hydroxylation sites is 1. The first-order valence-electron chi connectivity index (χ1n) is 6.79. The van der Waals surface area contributed by atoms with Crippen molar-refractivity contribution in [2.45, 2.75) is 37.6 Å².